The largest absolute Gasteiger partial charge is 0.462 e. The van der Waals surface area contributed by atoms with E-state index in [0.717, 1.165) is 0 Å². The van der Waals surface area contributed by atoms with E-state index in [1.807, 2.05) is 0 Å². The number of benzene rings is 1. The topological polar surface area (TPSA) is 103 Å². The molecule has 1 rings (SSSR count). The average molecular weight is 354 g/mol. The number of nitrogens with one attached hydrogen (secondary N) is 1. The van der Waals surface area contributed by atoms with Crippen LogP contribution >= 0.6 is 11.6 Å². The molecule has 1 aromatic rings. The first-order valence-electron chi connectivity index (χ1n) is 7.30. The number of esters is 1. The minimum Gasteiger partial charge on any atom is -0.462 e. The molecular weight excluding hydrogens is 334 g/mol. The van der Waals surface area contributed by atoms with E-state index in [1.165, 1.54) is 13.1 Å². The Kier molecular flexibility index (Phi) is 7.77. The molecule has 0 radical (unpaired) electrons. The van der Waals surface area contributed by atoms with Crippen molar-refractivity contribution < 1.29 is 19.2 Å². The van der Waals surface area contributed by atoms with Crippen LogP contribution in [0.1, 0.15) is 26.3 Å². The van der Waals surface area contributed by atoms with Crippen LogP contribution in [0.25, 0.3) is 0 Å². The zero-order chi connectivity index (χ0) is 18.1. The number of nitrogens with zero attached hydrogens (tertiary/aromatic N) is 1. The molecule has 0 atom stereocenters. The van der Waals surface area contributed by atoms with Gasteiger partial charge in [-0.3, -0.25) is 4.79 Å². The fourth-order valence-electron chi connectivity index (χ4n) is 1.72. The summed E-state index contributed by atoms with van der Waals surface area (Å²) >= 11 is 6.05. The number of rotatable bonds is 7. The zero-order valence-corrected chi connectivity index (χ0v) is 14.5. The summed E-state index contributed by atoms with van der Waals surface area (Å²) < 4.78 is 4.84. The molecule has 0 aliphatic rings. The highest BCUT2D eigenvalue weighted by Crippen LogP contribution is 2.20. The first-order chi connectivity index (χ1) is 11.4. The third kappa shape index (κ3) is 5.58. The van der Waals surface area contributed by atoms with Gasteiger partial charge in [0.15, 0.2) is 0 Å². The molecule has 8 heteroatoms. The number of amides is 1. The number of carbonyl (C=O) groups excluding carboxylic acids is 2. The van der Waals surface area contributed by atoms with E-state index in [2.05, 4.69) is 10.5 Å². The Hall–Kier alpha value is -2.54. The molecule has 0 aromatic heterocycles. The van der Waals surface area contributed by atoms with Crippen LogP contribution in [0.4, 0.5) is 5.69 Å². The van der Waals surface area contributed by atoms with E-state index in [9.17, 15) is 9.59 Å². The van der Waals surface area contributed by atoms with Crippen LogP contribution in [0, 0.1) is 0 Å². The van der Waals surface area contributed by atoms with Crippen molar-refractivity contribution in [3.63, 3.8) is 0 Å². The maximum atomic E-state index is 12.3. The molecule has 24 heavy (non-hydrogen) atoms. The minimum atomic E-state index is -0.776. The lowest BCUT2D eigenvalue weighted by Gasteiger charge is -2.10. The number of allylic oxidation sites excluding steroid dienone is 1. The predicted molar refractivity (Wildman–Crippen MR) is 92.8 cm³/mol. The molecule has 3 N–H and O–H groups in total. The Bertz CT molecular complexity index is 667. The standard InChI is InChI=1S/C16H20ClN3O4/c1-4-23-16(22)14(10(3)18)15(21)20-12-6-7-13(17)11(8-12)9-19-24-5-2/h6-9H,4-5,18H2,1-3H3,(H,20,21)/b14-10+,19-9?. The Morgan fingerprint density at radius 3 is 2.62 bits per heavy atom. The molecule has 0 saturated heterocycles. The van der Waals surface area contributed by atoms with E-state index in [1.54, 1.807) is 32.0 Å². The van der Waals surface area contributed by atoms with Crippen LogP contribution in [-0.2, 0) is 19.2 Å². The number of oxime groups is 1. The molecule has 1 amide bonds. The molecule has 1 aromatic carbocycles. The van der Waals surface area contributed by atoms with Gasteiger partial charge in [-0.05, 0) is 39.0 Å². The summed E-state index contributed by atoms with van der Waals surface area (Å²) in [6.07, 6.45) is 1.43. The molecular formula is C16H20ClN3O4. The van der Waals surface area contributed by atoms with E-state index in [0.29, 0.717) is 22.9 Å². The highest BCUT2D eigenvalue weighted by Gasteiger charge is 2.22. The second-order valence-corrected chi connectivity index (χ2v) is 5.03. The third-order valence-electron chi connectivity index (χ3n) is 2.75. The van der Waals surface area contributed by atoms with E-state index in [4.69, 9.17) is 26.9 Å². The van der Waals surface area contributed by atoms with Gasteiger partial charge >= 0.3 is 5.97 Å². The first-order valence-corrected chi connectivity index (χ1v) is 7.68. The van der Waals surface area contributed by atoms with Gasteiger partial charge in [-0.1, -0.05) is 16.8 Å². The highest BCUT2D eigenvalue weighted by atomic mass is 35.5. The molecule has 0 aliphatic carbocycles. The van der Waals surface area contributed by atoms with Crippen molar-refractivity contribution in [1.29, 1.82) is 0 Å². The Labute approximate surface area is 145 Å². The third-order valence-corrected chi connectivity index (χ3v) is 3.09. The predicted octanol–water partition coefficient (Wildman–Crippen LogP) is 2.44. The van der Waals surface area contributed by atoms with Crippen molar-refractivity contribution in [3.8, 4) is 0 Å². The van der Waals surface area contributed by atoms with Gasteiger partial charge in [0.2, 0.25) is 0 Å². The Balaban J connectivity index is 2.99. The van der Waals surface area contributed by atoms with Gasteiger partial charge in [0.05, 0.1) is 12.8 Å². The first kappa shape index (κ1) is 19.5. The smallest absolute Gasteiger partial charge is 0.345 e. The van der Waals surface area contributed by atoms with Crippen LogP contribution in [-0.4, -0.2) is 31.3 Å². The Morgan fingerprint density at radius 1 is 1.33 bits per heavy atom. The van der Waals surface area contributed by atoms with Gasteiger partial charge in [0, 0.05) is 22.0 Å². The molecule has 0 spiro atoms. The summed E-state index contributed by atoms with van der Waals surface area (Å²) in [6.45, 7) is 5.46. The maximum absolute atomic E-state index is 12.3. The van der Waals surface area contributed by atoms with Crippen LogP contribution in [0.15, 0.2) is 34.6 Å². The summed E-state index contributed by atoms with van der Waals surface area (Å²) in [4.78, 5) is 29.0. The second kappa shape index (κ2) is 9.57. The lowest BCUT2D eigenvalue weighted by Crippen LogP contribution is -2.25. The SMILES string of the molecule is CCON=Cc1cc(NC(=O)/C(C(=O)OCC)=C(/C)N)ccc1Cl. The van der Waals surface area contributed by atoms with Crippen LogP contribution in [0.5, 0.6) is 0 Å². The fraction of sp³-hybridized carbons (Fsp3) is 0.312. The van der Waals surface area contributed by atoms with Crippen molar-refractivity contribution in [1.82, 2.24) is 0 Å². The van der Waals surface area contributed by atoms with Crippen molar-refractivity contribution >= 4 is 35.4 Å². The molecule has 0 unspecified atom stereocenters. The molecule has 7 nitrogen and oxygen atoms in total. The van der Waals surface area contributed by atoms with Gasteiger partial charge in [-0.15, -0.1) is 0 Å². The van der Waals surface area contributed by atoms with Gasteiger partial charge < -0.3 is 20.6 Å². The van der Waals surface area contributed by atoms with Crippen molar-refractivity contribution in [2.24, 2.45) is 10.9 Å². The quantitative estimate of drug-likeness (QED) is 0.196. The van der Waals surface area contributed by atoms with Crippen molar-refractivity contribution in [2.45, 2.75) is 20.8 Å². The van der Waals surface area contributed by atoms with E-state index in [-0.39, 0.29) is 17.9 Å². The van der Waals surface area contributed by atoms with E-state index < -0.39 is 11.9 Å². The molecule has 0 fully saturated rings. The maximum Gasteiger partial charge on any atom is 0.345 e. The zero-order valence-electron chi connectivity index (χ0n) is 13.8. The summed E-state index contributed by atoms with van der Waals surface area (Å²) in [7, 11) is 0. The van der Waals surface area contributed by atoms with Gasteiger partial charge in [-0.25, -0.2) is 4.79 Å². The molecule has 0 aliphatic heterocycles. The van der Waals surface area contributed by atoms with Gasteiger partial charge in [0.25, 0.3) is 5.91 Å². The van der Waals surface area contributed by atoms with Gasteiger partial charge in [-0.2, -0.15) is 0 Å². The highest BCUT2D eigenvalue weighted by molar-refractivity contribution is 6.33. The molecule has 0 bridgehead atoms. The molecule has 0 saturated carbocycles. The lowest BCUT2D eigenvalue weighted by atomic mass is 10.1. The number of hydrogen-bond donors (Lipinski definition) is 2. The molecule has 130 valence electrons. The molecule has 0 heterocycles. The summed E-state index contributed by atoms with van der Waals surface area (Å²) in [6, 6.07) is 4.78. The van der Waals surface area contributed by atoms with Crippen molar-refractivity contribution in [2.75, 3.05) is 18.5 Å². The van der Waals surface area contributed by atoms with Gasteiger partial charge in [0.1, 0.15) is 12.2 Å². The number of hydrogen-bond acceptors (Lipinski definition) is 6. The number of anilines is 1. The van der Waals surface area contributed by atoms with E-state index >= 15 is 0 Å². The normalized spacial score (nSPS) is 11.8. The summed E-state index contributed by atoms with van der Waals surface area (Å²) in [5.41, 5.74) is 6.42. The Morgan fingerprint density at radius 2 is 2.04 bits per heavy atom. The monoisotopic (exact) mass is 353 g/mol. The average Bonchev–Trinajstić information content (AvgIpc) is 2.50. The minimum absolute atomic E-state index is 0.0676. The number of carbonyl (C=O) groups is 2. The second-order valence-electron chi connectivity index (χ2n) is 4.62. The van der Waals surface area contributed by atoms with Crippen LogP contribution in [0.3, 0.4) is 0 Å². The number of halogens is 1. The lowest BCUT2D eigenvalue weighted by molar-refractivity contribution is -0.139. The van der Waals surface area contributed by atoms with Crippen LogP contribution in [0.2, 0.25) is 5.02 Å². The summed E-state index contributed by atoms with van der Waals surface area (Å²) in [5.74, 6) is -1.44. The number of nitrogens with two attached hydrogens (primary N) is 1. The van der Waals surface area contributed by atoms with Crippen LogP contribution < -0.4 is 11.1 Å². The number of ether oxygens (including phenoxy) is 1. The van der Waals surface area contributed by atoms with Crippen molar-refractivity contribution in [3.05, 3.63) is 40.1 Å². The summed E-state index contributed by atoms with van der Waals surface area (Å²) in [5, 5.41) is 6.75. The fourth-order valence-corrected chi connectivity index (χ4v) is 1.88.